The lowest BCUT2D eigenvalue weighted by atomic mass is 10.1. The molecule has 5 rings (SSSR count). The number of hydrogen-bond acceptors (Lipinski definition) is 4. The molecule has 172 valence electrons. The number of para-hydroxylation sites is 2. The minimum absolute atomic E-state index is 0.259. The molecule has 3 aromatic carbocycles. The molecule has 0 aliphatic rings. The number of ether oxygens (including phenoxy) is 3. The molecule has 1 N–H and O–H groups in total. The third kappa shape index (κ3) is 3.42. The highest BCUT2D eigenvalue weighted by Gasteiger charge is 2.27. The number of fused-ring (bicyclic) bond motifs is 3. The van der Waals surface area contributed by atoms with Gasteiger partial charge in [0.05, 0.1) is 42.9 Å². The lowest BCUT2D eigenvalue weighted by Gasteiger charge is -2.14. The van der Waals surface area contributed by atoms with Crippen molar-refractivity contribution in [1.82, 2.24) is 9.13 Å². The fourth-order valence-corrected chi connectivity index (χ4v) is 4.63. The van der Waals surface area contributed by atoms with Crippen LogP contribution in [0.5, 0.6) is 17.4 Å². The molecule has 0 saturated heterocycles. The van der Waals surface area contributed by atoms with Crippen molar-refractivity contribution >= 4 is 28.1 Å². The van der Waals surface area contributed by atoms with E-state index in [1.54, 1.807) is 14.2 Å². The van der Waals surface area contributed by atoms with Crippen LogP contribution in [0.25, 0.3) is 33.1 Å². The van der Waals surface area contributed by atoms with Gasteiger partial charge in [0.25, 0.3) is 0 Å². The lowest BCUT2D eigenvalue weighted by molar-refractivity contribution is 0.141. The van der Waals surface area contributed by atoms with Crippen molar-refractivity contribution in [2.45, 2.75) is 6.54 Å². The van der Waals surface area contributed by atoms with Gasteiger partial charge >= 0.3 is 6.16 Å². The quantitative estimate of drug-likeness (QED) is 0.321. The van der Waals surface area contributed by atoms with Crippen LogP contribution in [0, 0.1) is 0 Å². The normalized spacial score (nSPS) is 11.1. The van der Waals surface area contributed by atoms with Crippen LogP contribution in [-0.4, -0.2) is 34.6 Å². The van der Waals surface area contributed by atoms with E-state index in [1.807, 2.05) is 78.3 Å². The molecule has 0 fully saturated rings. The number of methoxy groups -OCH3 is 2. The van der Waals surface area contributed by atoms with Gasteiger partial charge in [-0.1, -0.05) is 48.5 Å². The average molecular weight is 456 g/mol. The van der Waals surface area contributed by atoms with Crippen LogP contribution < -0.4 is 14.2 Å². The van der Waals surface area contributed by atoms with E-state index in [1.165, 1.54) is 0 Å². The Hall–Kier alpha value is -4.39. The van der Waals surface area contributed by atoms with Gasteiger partial charge in [-0.2, -0.15) is 0 Å². The molecule has 34 heavy (non-hydrogen) atoms. The highest BCUT2D eigenvalue weighted by Crippen LogP contribution is 2.45. The van der Waals surface area contributed by atoms with Crippen molar-refractivity contribution in [3.63, 3.8) is 0 Å². The summed E-state index contributed by atoms with van der Waals surface area (Å²) in [6.07, 6.45) is -1.37. The molecule has 0 spiro atoms. The van der Waals surface area contributed by atoms with Crippen LogP contribution in [0.2, 0.25) is 0 Å². The Morgan fingerprint density at radius 2 is 1.59 bits per heavy atom. The Balaban J connectivity index is 1.88. The van der Waals surface area contributed by atoms with Crippen molar-refractivity contribution in [3.8, 4) is 28.5 Å². The second-order valence-electron chi connectivity index (χ2n) is 7.95. The standard InChI is InChI=1S/C27H24N2O5/c1-28-21-10-6-5-9-20(21)24-25(28)23(17-12-14-19(32-2)15-13-17)26(34-27(30)31)29(24)16-18-8-4-7-11-22(18)33-3/h4-15H,16H2,1-3H3,(H,30,31). The molecule has 0 bridgehead atoms. The van der Waals surface area contributed by atoms with Crippen LogP contribution in [-0.2, 0) is 13.6 Å². The van der Waals surface area contributed by atoms with Gasteiger partial charge < -0.3 is 28.5 Å². The van der Waals surface area contributed by atoms with Gasteiger partial charge in [0.2, 0.25) is 5.88 Å². The molecule has 0 radical (unpaired) electrons. The van der Waals surface area contributed by atoms with Crippen LogP contribution >= 0.6 is 0 Å². The number of carboxylic acid groups (broad SMARTS) is 1. The predicted octanol–water partition coefficient (Wildman–Crippen LogP) is 5.92. The fraction of sp³-hybridized carbons (Fsp3) is 0.148. The second kappa shape index (κ2) is 8.51. The number of aromatic nitrogens is 2. The number of hydrogen-bond donors (Lipinski definition) is 1. The van der Waals surface area contributed by atoms with Gasteiger partial charge in [0.1, 0.15) is 11.5 Å². The minimum atomic E-state index is -1.37. The van der Waals surface area contributed by atoms with E-state index >= 15 is 0 Å². The summed E-state index contributed by atoms with van der Waals surface area (Å²) in [5.41, 5.74) is 5.26. The smallest absolute Gasteiger partial charge is 0.497 e. The number of nitrogens with zero attached hydrogens (tertiary/aromatic N) is 2. The largest absolute Gasteiger partial charge is 0.512 e. The maximum Gasteiger partial charge on any atom is 0.512 e. The van der Waals surface area contributed by atoms with E-state index in [2.05, 4.69) is 10.6 Å². The lowest BCUT2D eigenvalue weighted by Crippen LogP contribution is -2.10. The van der Waals surface area contributed by atoms with Crippen LogP contribution in [0.1, 0.15) is 5.56 Å². The summed E-state index contributed by atoms with van der Waals surface area (Å²) in [6, 6.07) is 23.3. The zero-order chi connectivity index (χ0) is 23.8. The topological polar surface area (TPSA) is 74.8 Å². The van der Waals surface area contributed by atoms with Gasteiger partial charge in [-0.05, 0) is 29.8 Å². The molecule has 0 saturated carbocycles. The van der Waals surface area contributed by atoms with E-state index in [0.29, 0.717) is 17.9 Å². The molecule has 0 aliphatic heterocycles. The Morgan fingerprint density at radius 3 is 2.29 bits per heavy atom. The van der Waals surface area contributed by atoms with Crippen molar-refractivity contribution in [2.24, 2.45) is 7.05 Å². The first-order valence-electron chi connectivity index (χ1n) is 10.8. The van der Waals surface area contributed by atoms with Crippen LogP contribution in [0.3, 0.4) is 0 Å². The zero-order valence-corrected chi connectivity index (χ0v) is 19.1. The average Bonchev–Trinajstić information content (AvgIpc) is 3.32. The molecule has 5 aromatic rings. The van der Waals surface area contributed by atoms with Crippen molar-refractivity contribution in [1.29, 1.82) is 0 Å². The first-order valence-corrected chi connectivity index (χ1v) is 10.8. The van der Waals surface area contributed by atoms with Gasteiger partial charge in [-0.3, -0.25) is 0 Å². The third-order valence-electron chi connectivity index (χ3n) is 6.13. The van der Waals surface area contributed by atoms with Crippen molar-refractivity contribution in [2.75, 3.05) is 14.2 Å². The Kier molecular flexibility index (Phi) is 5.37. The molecule has 2 aromatic heterocycles. The maximum absolute atomic E-state index is 11.8. The summed E-state index contributed by atoms with van der Waals surface area (Å²) >= 11 is 0. The monoisotopic (exact) mass is 456 g/mol. The fourth-order valence-electron chi connectivity index (χ4n) is 4.63. The van der Waals surface area contributed by atoms with Crippen molar-refractivity contribution in [3.05, 3.63) is 78.4 Å². The van der Waals surface area contributed by atoms with E-state index in [9.17, 15) is 9.90 Å². The molecule has 0 amide bonds. The van der Waals surface area contributed by atoms with E-state index < -0.39 is 6.16 Å². The first kappa shape index (κ1) is 21.5. The summed E-state index contributed by atoms with van der Waals surface area (Å²) in [7, 11) is 5.22. The van der Waals surface area contributed by atoms with E-state index in [-0.39, 0.29) is 5.88 Å². The zero-order valence-electron chi connectivity index (χ0n) is 19.1. The van der Waals surface area contributed by atoms with Gasteiger partial charge in [0.15, 0.2) is 0 Å². The number of carbonyl (C=O) groups is 1. The molecule has 7 heteroatoms. The molecule has 0 aliphatic carbocycles. The van der Waals surface area contributed by atoms with E-state index in [0.717, 1.165) is 38.8 Å². The maximum atomic E-state index is 11.8. The Bertz CT molecular complexity index is 1510. The molecular weight excluding hydrogens is 432 g/mol. The molecular formula is C27H24N2O5. The molecule has 0 atom stereocenters. The summed E-state index contributed by atoms with van der Waals surface area (Å²) < 4.78 is 20.4. The van der Waals surface area contributed by atoms with Gasteiger partial charge in [0, 0.05) is 18.0 Å². The predicted molar refractivity (Wildman–Crippen MR) is 131 cm³/mol. The number of benzene rings is 3. The Morgan fingerprint density at radius 1 is 0.882 bits per heavy atom. The first-order chi connectivity index (χ1) is 16.5. The summed E-state index contributed by atoms with van der Waals surface area (Å²) in [4.78, 5) is 11.8. The van der Waals surface area contributed by atoms with Gasteiger partial charge in [-0.15, -0.1) is 0 Å². The molecule has 0 unspecified atom stereocenters. The van der Waals surface area contributed by atoms with Gasteiger partial charge in [-0.25, -0.2) is 4.79 Å². The molecule has 2 heterocycles. The highest BCUT2D eigenvalue weighted by atomic mass is 16.7. The summed E-state index contributed by atoms with van der Waals surface area (Å²) in [6.45, 7) is 0.368. The third-order valence-corrected chi connectivity index (χ3v) is 6.13. The van der Waals surface area contributed by atoms with Crippen molar-refractivity contribution < 1.29 is 24.1 Å². The number of aryl methyl sites for hydroxylation is 1. The van der Waals surface area contributed by atoms with Crippen LogP contribution in [0.4, 0.5) is 4.79 Å². The Labute approximate surface area is 196 Å². The second-order valence-corrected chi connectivity index (χ2v) is 7.95. The SMILES string of the molecule is COc1ccc(-c2c(OC(=O)O)n(Cc3ccccc3OC)c3c4ccccc4n(C)c23)cc1. The highest BCUT2D eigenvalue weighted by molar-refractivity contribution is 6.13. The molecule has 7 nitrogen and oxygen atoms in total. The number of rotatable bonds is 6. The summed E-state index contributed by atoms with van der Waals surface area (Å²) in [5.74, 6) is 1.69. The van der Waals surface area contributed by atoms with E-state index in [4.69, 9.17) is 14.2 Å². The minimum Gasteiger partial charge on any atom is -0.497 e. The summed E-state index contributed by atoms with van der Waals surface area (Å²) in [5, 5.41) is 10.7. The van der Waals surface area contributed by atoms with Crippen LogP contribution in [0.15, 0.2) is 72.8 Å².